The van der Waals surface area contributed by atoms with Crippen LogP contribution in [0.15, 0.2) is 12.7 Å². The fourth-order valence-corrected chi connectivity index (χ4v) is 1.76. The molecule has 0 unspecified atom stereocenters. The summed E-state index contributed by atoms with van der Waals surface area (Å²) in [4.78, 5) is 0. The second kappa shape index (κ2) is 8.05. The predicted octanol–water partition coefficient (Wildman–Crippen LogP) is 3.51. The minimum absolute atomic E-state index is 1.10. The number of unbranched alkanes of at least 4 members (excludes halogenated alkanes) is 3. The highest BCUT2D eigenvalue weighted by molar-refractivity contribution is 4.72. The fraction of sp³-hybridized carbons (Fsp3) is 0.846. The maximum atomic E-state index is 3.73. The molecule has 0 aromatic rings. The molecule has 0 aromatic carbocycles. The van der Waals surface area contributed by atoms with Crippen molar-refractivity contribution in [1.82, 2.24) is 5.32 Å². The molecule has 0 saturated heterocycles. The van der Waals surface area contributed by atoms with Crippen LogP contribution in [0.1, 0.15) is 51.4 Å². The third kappa shape index (κ3) is 7.14. The van der Waals surface area contributed by atoms with Crippen LogP contribution in [0.25, 0.3) is 0 Å². The van der Waals surface area contributed by atoms with Crippen molar-refractivity contribution in [2.75, 3.05) is 13.1 Å². The van der Waals surface area contributed by atoms with E-state index in [1.165, 1.54) is 64.5 Å². The maximum Gasteiger partial charge on any atom is -0.00488 e. The molecule has 0 bridgehead atoms. The van der Waals surface area contributed by atoms with E-state index < -0.39 is 0 Å². The van der Waals surface area contributed by atoms with Gasteiger partial charge in [0.15, 0.2) is 0 Å². The lowest BCUT2D eigenvalue weighted by atomic mass is 10.2. The Bertz CT molecular complexity index is 138. The number of hydrogen-bond donors (Lipinski definition) is 1. The molecule has 0 aliphatic heterocycles. The summed E-state index contributed by atoms with van der Waals surface area (Å²) in [5.41, 5.74) is 0. The number of rotatable bonds is 10. The van der Waals surface area contributed by atoms with Gasteiger partial charge in [0.25, 0.3) is 0 Å². The van der Waals surface area contributed by atoms with Gasteiger partial charge in [0.05, 0.1) is 0 Å². The molecular formula is C13H25N. The summed E-state index contributed by atoms with van der Waals surface area (Å²) in [6.45, 7) is 6.17. The van der Waals surface area contributed by atoms with Crippen molar-refractivity contribution in [2.24, 2.45) is 5.92 Å². The molecule has 0 radical (unpaired) electrons. The zero-order valence-electron chi connectivity index (χ0n) is 9.43. The van der Waals surface area contributed by atoms with E-state index in [1.807, 2.05) is 6.08 Å². The highest BCUT2D eigenvalue weighted by Crippen LogP contribution is 2.33. The first-order chi connectivity index (χ1) is 6.93. The molecule has 1 heteroatoms. The van der Waals surface area contributed by atoms with Crippen LogP contribution in [0.4, 0.5) is 0 Å². The summed E-state index contributed by atoms with van der Waals surface area (Å²) in [5, 5.41) is 3.52. The molecule has 1 aliphatic rings. The first-order valence-electron chi connectivity index (χ1n) is 6.25. The van der Waals surface area contributed by atoms with Gasteiger partial charge in [0, 0.05) is 0 Å². The van der Waals surface area contributed by atoms with E-state index >= 15 is 0 Å². The Hall–Kier alpha value is -0.300. The molecule has 1 aliphatic carbocycles. The molecule has 1 N–H and O–H groups in total. The van der Waals surface area contributed by atoms with Crippen molar-refractivity contribution in [3.8, 4) is 0 Å². The van der Waals surface area contributed by atoms with Crippen LogP contribution in [0.2, 0.25) is 0 Å². The molecular weight excluding hydrogens is 170 g/mol. The first-order valence-corrected chi connectivity index (χ1v) is 6.25. The smallest absolute Gasteiger partial charge is 0.00488 e. The number of nitrogens with one attached hydrogen (secondary N) is 1. The highest BCUT2D eigenvalue weighted by atomic mass is 14.8. The Labute approximate surface area is 89.0 Å². The largest absolute Gasteiger partial charge is 0.317 e. The zero-order chi connectivity index (χ0) is 10.1. The zero-order valence-corrected chi connectivity index (χ0v) is 9.43. The second-order valence-corrected chi connectivity index (χ2v) is 4.47. The van der Waals surface area contributed by atoms with Gasteiger partial charge in [-0.2, -0.15) is 0 Å². The fourth-order valence-electron chi connectivity index (χ4n) is 1.76. The second-order valence-electron chi connectivity index (χ2n) is 4.47. The van der Waals surface area contributed by atoms with E-state index in [9.17, 15) is 0 Å². The topological polar surface area (TPSA) is 12.0 Å². The first kappa shape index (κ1) is 11.8. The molecule has 0 spiro atoms. The molecule has 0 aromatic heterocycles. The lowest BCUT2D eigenvalue weighted by molar-refractivity contribution is 0.565. The van der Waals surface area contributed by atoms with Gasteiger partial charge in [-0.15, -0.1) is 6.58 Å². The molecule has 1 nitrogen and oxygen atoms in total. The van der Waals surface area contributed by atoms with Crippen LogP contribution in [0.3, 0.4) is 0 Å². The molecule has 1 fully saturated rings. The molecule has 1 rings (SSSR count). The lowest BCUT2D eigenvalue weighted by Crippen LogP contribution is -2.16. The number of hydrogen-bond acceptors (Lipinski definition) is 1. The summed E-state index contributed by atoms with van der Waals surface area (Å²) in [7, 11) is 0. The van der Waals surface area contributed by atoms with Crippen molar-refractivity contribution in [1.29, 1.82) is 0 Å². The molecule has 0 amide bonds. The van der Waals surface area contributed by atoms with Gasteiger partial charge >= 0.3 is 0 Å². The highest BCUT2D eigenvalue weighted by Gasteiger charge is 2.19. The van der Waals surface area contributed by atoms with Crippen molar-refractivity contribution < 1.29 is 0 Å². The average molecular weight is 195 g/mol. The van der Waals surface area contributed by atoms with Crippen molar-refractivity contribution in [2.45, 2.75) is 51.4 Å². The minimum atomic E-state index is 1.10. The summed E-state index contributed by atoms with van der Waals surface area (Å²) < 4.78 is 0. The third-order valence-corrected chi connectivity index (χ3v) is 2.92. The van der Waals surface area contributed by atoms with E-state index in [1.54, 1.807) is 0 Å². The third-order valence-electron chi connectivity index (χ3n) is 2.92. The summed E-state index contributed by atoms with van der Waals surface area (Å²) in [5.74, 6) is 1.10. The van der Waals surface area contributed by atoms with Gasteiger partial charge in [0.1, 0.15) is 0 Å². The Morgan fingerprint density at radius 1 is 1.07 bits per heavy atom. The normalized spacial score (nSPS) is 15.7. The minimum Gasteiger partial charge on any atom is -0.317 e. The van der Waals surface area contributed by atoms with E-state index in [2.05, 4.69) is 11.9 Å². The monoisotopic (exact) mass is 195 g/mol. The van der Waals surface area contributed by atoms with Crippen LogP contribution < -0.4 is 5.32 Å². The summed E-state index contributed by atoms with van der Waals surface area (Å²) in [6.07, 6.45) is 13.0. The molecule has 82 valence electrons. The van der Waals surface area contributed by atoms with Crippen molar-refractivity contribution >= 4 is 0 Å². The Kier molecular flexibility index (Phi) is 6.77. The van der Waals surface area contributed by atoms with Gasteiger partial charge in [-0.3, -0.25) is 0 Å². The number of allylic oxidation sites excluding steroid dienone is 1. The molecule has 14 heavy (non-hydrogen) atoms. The molecule has 0 atom stereocenters. The van der Waals surface area contributed by atoms with Crippen LogP contribution in [0.5, 0.6) is 0 Å². The van der Waals surface area contributed by atoms with Gasteiger partial charge in [-0.25, -0.2) is 0 Å². The van der Waals surface area contributed by atoms with Crippen LogP contribution >= 0.6 is 0 Å². The van der Waals surface area contributed by atoms with E-state index in [0.29, 0.717) is 0 Å². The van der Waals surface area contributed by atoms with Crippen molar-refractivity contribution in [3.63, 3.8) is 0 Å². The summed E-state index contributed by atoms with van der Waals surface area (Å²) in [6, 6.07) is 0. The molecule has 0 heterocycles. The van der Waals surface area contributed by atoms with E-state index in [4.69, 9.17) is 0 Å². The standard InChI is InChI=1S/C13H25N/c1-2-3-4-5-6-11-14-12-7-8-13-9-10-13/h2,13-14H,1,3-12H2. The van der Waals surface area contributed by atoms with Gasteiger partial charge in [0.2, 0.25) is 0 Å². The lowest BCUT2D eigenvalue weighted by Gasteiger charge is -2.03. The van der Waals surface area contributed by atoms with Crippen LogP contribution in [-0.2, 0) is 0 Å². The van der Waals surface area contributed by atoms with E-state index in [0.717, 1.165) is 5.92 Å². The SMILES string of the molecule is C=CCCCCCNCCCC1CC1. The van der Waals surface area contributed by atoms with Gasteiger partial charge < -0.3 is 5.32 Å². The quantitative estimate of drug-likeness (QED) is 0.415. The van der Waals surface area contributed by atoms with E-state index in [-0.39, 0.29) is 0 Å². The van der Waals surface area contributed by atoms with Crippen LogP contribution in [-0.4, -0.2) is 13.1 Å². The van der Waals surface area contributed by atoms with Crippen molar-refractivity contribution in [3.05, 3.63) is 12.7 Å². The van der Waals surface area contributed by atoms with Gasteiger partial charge in [-0.1, -0.05) is 25.3 Å². The van der Waals surface area contributed by atoms with Crippen LogP contribution in [0, 0.1) is 5.92 Å². The summed E-state index contributed by atoms with van der Waals surface area (Å²) >= 11 is 0. The Morgan fingerprint density at radius 2 is 1.86 bits per heavy atom. The average Bonchev–Trinajstić information content (AvgIpc) is 2.99. The Morgan fingerprint density at radius 3 is 2.57 bits per heavy atom. The van der Waals surface area contributed by atoms with Gasteiger partial charge in [-0.05, 0) is 51.1 Å². The predicted molar refractivity (Wildman–Crippen MR) is 63.5 cm³/mol. The molecule has 1 saturated carbocycles. The maximum absolute atomic E-state index is 3.73. The Balaban J connectivity index is 1.64.